The third-order valence-corrected chi connectivity index (χ3v) is 8.10. The van der Waals surface area contributed by atoms with Gasteiger partial charge in [-0.3, -0.25) is 0 Å². The first-order chi connectivity index (χ1) is 18.0. The third kappa shape index (κ3) is 3.44. The van der Waals surface area contributed by atoms with Crippen molar-refractivity contribution in [3.8, 4) is 11.1 Å². The van der Waals surface area contributed by atoms with Gasteiger partial charge in [-0.05, 0) is 52.6 Å². The van der Waals surface area contributed by atoms with Gasteiger partial charge in [0, 0.05) is 19.2 Å². The molecule has 176 valence electrons. The molecule has 0 aliphatic carbocycles. The van der Waals surface area contributed by atoms with Gasteiger partial charge in [0.25, 0.3) is 0 Å². The standard InChI is InChI=1S/C33H34B2N/c1-21(2)27-18-26(24-13-8-7-9-14-24)19-28(22(3)4)33(27)34-29-16-10-12-23(5)31(29)35-32-25(20-36(35)6)15-11-17-30(32)34/h7-22H,1-6H3/q+1/i21D,22D. The first-order valence-corrected chi connectivity index (χ1v) is 13.0. The normalized spacial score (nSPS) is 15.2. The lowest BCUT2D eigenvalue weighted by molar-refractivity contribution is -0.338. The molecule has 4 aromatic carbocycles. The van der Waals surface area contributed by atoms with E-state index >= 15 is 0 Å². The summed E-state index contributed by atoms with van der Waals surface area (Å²) in [4.78, 5) is 0. The van der Waals surface area contributed by atoms with Gasteiger partial charge in [-0.15, -0.1) is 0 Å². The Labute approximate surface area is 219 Å². The fraction of sp³-hybridized carbons (Fsp3) is 0.242. The van der Waals surface area contributed by atoms with Crippen LogP contribution in [0.2, 0.25) is 0 Å². The maximum atomic E-state index is 9.35. The van der Waals surface area contributed by atoms with E-state index in [1.807, 2.05) is 33.8 Å². The molecule has 2 heterocycles. The number of aryl methyl sites for hydroxylation is 1. The molecule has 1 nitrogen and oxygen atoms in total. The minimum absolute atomic E-state index is 0.0416. The minimum atomic E-state index is -0.845. The van der Waals surface area contributed by atoms with Gasteiger partial charge in [0.15, 0.2) is 0 Å². The van der Waals surface area contributed by atoms with E-state index in [0.29, 0.717) is 0 Å². The molecule has 2 aliphatic rings. The quantitative estimate of drug-likeness (QED) is 0.400. The van der Waals surface area contributed by atoms with Crippen molar-refractivity contribution >= 4 is 47.1 Å². The van der Waals surface area contributed by atoms with Crippen molar-refractivity contribution in [2.24, 2.45) is 0 Å². The fourth-order valence-corrected chi connectivity index (χ4v) is 6.52. The van der Waals surface area contributed by atoms with Crippen LogP contribution in [0.4, 0.5) is 0 Å². The van der Waals surface area contributed by atoms with Gasteiger partial charge in [-0.1, -0.05) is 117 Å². The number of nitrogens with zero attached hydrogens (tertiary/aromatic N) is 1. The van der Waals surface area contributed by atoms with E-state index < -0.39 is 11.8 Å². The summed E-state index contributed by atoms with van der Waals surface area (Å²) in [5.74, 6) is -1.69. The first-order valence-electron chi connectivity index (χ1n) is 14.0. The summed E-state index contributed by atoms with van der Waals surface area (Å²) in [6.07, 6.45) is 2.27. The van der Waals surface area contributed by atoms with Crippen LogP contribution in [0.15, 0.2) is 78.9 Å². The van der Waals surface area contributed by atoms with Crippen LogP contribution in [0.25, 0.3) is 11.1 Å². The van der Waals surface area contributed by atoms with E-state index in [4.69, 9.17) is 0 Å². The van der Waals surface area contributed by atoms with E-state index in [2.05, 4.69) is 97.5 Å². The Morgan fingerprint density at radius 3 is 1.94 bits per heavy atom. The van der Waals surface area contributed by atoms with Crippen molar-refractivity contribution in [1.82, 2.24) is 0 Å². The van der Waals surface area contributed by atoms with Gasteiger partial charge in [0.1, 0.15) is 13.3 Å². The Morgan fingerprint density at radius 1 is 0.694 bits per heavy atom. The lowest BCUT2D eigenvalue weighted by atomic mass is 9.24. The second-order valence-electron chi connectivity index (χ2n) is 10.9. The predicted octanol–water partition coefficient (Wildman–Crippen LogP) is 3.92. The van der Waals surface area contributed by atoms with Gasteiger partial charge in [-0.2, -0.15) is 0 Å². The largest absolute Gasteiger partial charge is 0.553 e. The van der Waals surface area contributed by atoms with Crippen LogP contribution in [-0.4, -0.2) is 31.3 Å². The SMILES string of the molecule is [2H]C(C)(C)c1cc(-c2ccccc2)cc(C([2H])(C)C)c1B1c2cccc(C)c2B2c3c(cccc31)C=[N+]2C. The maximum Gasteiger partial charge on any atom is 0.553 e. The number of hydrogen-bond donors (Lipinski definition) is 0. The number of hydrogen-bond acceptors (Lipinski definition) is 0. The Hall–Kier alpha value is -3.32. The van der Waals surface area contributed by atoms with Crippen molar-refractivity contribution in [2.45, 2.75) is 46.4 Å². The number of fused-ring (bicyclic) bond motifs is 2. The third-order valence-electron chi connectivity index (χ3n) is 8.10. The highest BCUT2D eigenvalue weighted by Crippen LogP contribution is 2.29. The molecule has 0 amide bonds. The summed E-state index contributed by atoms with van der Waals surface area (Å²) in [6, 6.07) is 28.2. The minimum Gasteiger partial charge on any atom is -0.315 e. The molecule has 0 atom stereocenters. The van der Waals surface area contributed by atoms with Crippen molar-refractivity contribution in [1.29, 1.82) is 0 Å². The Kier molecular flexibility index (Phi) is 5.01. The lowest BCUT2D eigenvalue weighted by Crippen LogP contribution is -2.74. The van der Waals surface area contributed by atoms with Gasteiger partial charge >= 0.3 is 6.85 Å². The average molecular weight is 468 g/mol. The second kappa shape index (κ2) is 8.66. The summed E-state index contributed by atoms with van der Waals surface area (Å²) in [5, 5.41) is 0. The second-order valence-corrected chi connectivity index (χ2v) is 10.9. The monoisotopic (exact) mass is 468 g/mol. The highest BCUT2D eigenvalue weighted by Gasteiger charge is 2.51. The highest BCUT2D eigenvalue weighted by molar-refractivity contribution is 7.07. The van der Waals surface area contributed by atoms with Crippen LogP contribution in [0.3, 0.4) is 0 Å². The molecule has 0 bridgehead atoms. The molecule has 0 unspecified atom stereocenters. The Morgan fingerprint density at radius 2 is 1.31 bits per heavy atom. The van der Waals surface area contributed by atoms with E-state index in [1.54, 1.807) is 0 Å². The van der Waals surface area contributed by atoms with Crippen LogP contribution >= 0.6 is 0 Å². The molecule has 0 radical (unpaired) electrons. The van der Waals surface area contributed by atoms with E-state index in [-0.39, 0.29) is 13.6 Å². The van der Waals surface area contributed by atoms with Crippen molar-refractivity contribution < 1.29 is 7.23 Å². The molecule has 0 saturated carbocycles. The molecule has 3 heteroatoms. The number of benzene rings is 4. The average Bonchev–Trinajstić information content (AvgIpc) is 3.20. The van der Waals surface area contributed by atoms with Crippen LogP contribution in [0, 0.1) is 6.92 Å². The van der Waals surface area contributed by atoms with E-state index in [9.17, 15) is 2.74 Å². The molecule has 0 saturated heterocycles. The first kappa shape index (κ1) is 20.8. The van der Waals surface area contributed by atoms with Crippen molar-refractivity contribution in [3.05, 3.63) is 101 Å². The summed E-state index contributed by atoms with van der Waals surface area (Å²) in [7, 11) is 2.18. The van der Waals surface area contributed by atoms with Gasteiger partial charge in [0.05, 0.1) is 0 Å². The summed E-state index contributed by atoms with van der Waals surface area (Å²) in [6.45, 7) is 10.3. The van der Waals surface area contributed by atoms with Gasteiger partial charge in [-0.25, -0.2) is 0 Å². The molecule has 4 aromatic rings. The van der Waals surface area contributed by atoms with Crippen LogP contribution in [-0.2, 0) is 0 Å². The summed E-state index contributed by atoms with van der Waals surface area (Å²) in [5.41, 5.74) is 13.2. The zero-order valence-electron chi connectivity index (χ0n) is 24.2. The molecule has 6 rings (SSSR count). The molecule has 2 aliphatic heterocycles. The van der Waals surface area contributed by atoms with Crippen LogP contribution < -0.4 is 27.3 Å². The maximum absolute atomic E-state index is 9.35. The molecule has 0 fully saturated rings. The highest BCUT2D eigenvalue weighted by atomic mass is 14.9. The summed E-state index contributed by atoms with van der Waals surface area (Å²) >= 11 is 0. The van der Waals surface area contributed by atoms with E-state index in [1.165, 1.54) is 33.0 Å². The molecule has 0 spiro atoms. The topological polar surface area (TPSA) is 3.01 Å². The van der Waals surface area contributed by atoms with Crippen LogP contribution in [0.5, 0.6) is 0 Å². The zero-order chi connectivity index (χ0) is 27.0. The Bertz CT molecular complexity index is 1580. The van der Waals surface area contributed by atoms with Crippen molar-refractivity contribution in [2.75, 3.05) is 7.05 Å². The molecule has 0 aromatic heterocycles. The molecule has 36 heavy (non-hydrogen) atoms. The number of rotatable bonds is 4. The summed E-state index contributed by atoms with van der Waals surface area (Å²) < 4.78 is 21.1. The van der Waals surface area contributed by atoms with Crippen molar-refractivity contribution in [3.63, 3.8) is 0 Å². The lowest BCUT2D eigenvalue weighted by Gasteiger charge is -2.32. The zero-order valence-corrected chi connectivity index (χ0v) is 22.2. The molecular formula is C33H34B2N+. The van der Waals surface area contributed by atoms with Gasteiger partial charge < -0.3 is 4.49 Å². The van der Waals surface area contributed by atoms with E-state index in [0.717, 1.165) is 27.7 Å². The fourth-order valence-electron chi connectivity index (χ4n) is 6.52. The Balaban J connectivity index is 1.75. The van der Waals surface area contributed by atoms with Crippen LogP contribution in [0.1, 0.15) is 64.5 Å². The molecular weight excluding hydrogens is 432 g/mol. The molecule has 0 N–H and O–H groups in total. The predicted molar refractivity (Wildman–Crippen MR) is 159 cm³/mol. The van der Waals surface area contributed by atoms with Gasteiger partial charge in [0.2, 0.25) is 6.71 Å². The smallest absolute Gasteiger partial charge is 0.315 e.